The highest BCUT2D eigenvalue weighted by atomic mass is 79.9. The van der Waals surface area contributed by atoms with Crippen molar-refractivity contribution in [2.45, 2.75) is 25.8 Å². The van der Waals surface area contributed by atoms with Crippen molar-refractivity contribution in [3.05, 3.63) is 28.2 Å². The molecule has 1 aliphatic heterocycles. The Morgan fingerprint density at radius 2 is 2.37 bits per heavy atom. The van der Waals surface area contributed by atoms with E-state index < -0.39 is 0 Å². The van der Waals surface area contributed by atoms with E-state index >= 15 is 0 Å². The van der Waals surface area contributed by atoms with Gasteiger partial charge in [-0.25, -0.2) is 0 Å². The summed E-state index contributed by atoms with van der Waals surface area (Å²) < 4.78 is 0.874. The summed E-state index contributed by atoms with van der Waals surface area (Å²) in [5.41, 5.74) is 1.23. The molecule has 1 heterocycles. The molecule has 1 atom stereocenters. The smallest absolute Gasteiger partial charge is 0.244 e. The topological polar surface area (TPSA) is 56.1 Å². The molecule has 0 saturated carbocycles. The van der Waals surface area contributed by atoms with Gasteiger partial charge < -0.3 is 10.2 Å². The second-order valence-corrected chi connectivity index (χ2v) is 5.47. The molecule has 19 heavy (non-hydrogen) atoms. The number of carbonyl (C=O) groups excluding carboxylic acids is 1. The molecule has 100 valence electrons. The fourth-order valence-corrected chi connectivity index (χ4v) is 2.60. The third kappa shape index (κ3) is 2.96. The van der Waals surface area contributed by atoms with Crippen molar-refractivity contribution in [2.24, 2.45) is 0 Å². The molecule has 1 aromatic carbocycles. The molecule has 1 aliphatic rings. The zero-order valence-electron chi connectivity index (χ0n) is 10.8. The molecule has 0 aromatic heterocycles. The van der Waals surface area contributed by atoms with E-state index in [1.807, 2.05) is 12.1 Å². The van der Waals surface area contributed by atoms with Gasteiger partial charge in [-0.2, -0.15) is 5.26 Å². The quantitative estimate of drug-likeness (QED) is 0.926. The lowest BCUT2D eigenvalue weighted by atomic mass is 10.2. The fourth-order valence-electron chi connectivity index (χ4n) is 2.25. The summed E-state index contributed by atoms with van der Waals surface area (Å²) in [6.45, 7) is 3.57. The molecule has 0 spiro atoms. The standard InChI is InChI=1S/C14H16BrN3O/c1-2-6-17-12-5-7-18(14(12)19)13-8-11(15)4-3-10(13)9-16/h3-4,8,12,17H,2,5-7H2,1H3. The number of nitrogens with zero attached hydrogens (tertiary/aromatic N) is 2. The van der Waals surface area contributed by atoms with Crippen molar-refractivity contribution in [1.29, 1.82) is 5.26 Å². The van der Waals surface area contributed by atoms with Crippen LogP contribution in [0.25, 0.3) is 0 Å². The Balaban J connectivity index is 2.22. The van der Waals surface area contributed by atoms with Crippen molar-refractivity contribution < 1.29 is 4.79 Å². The van der Waals surface area contributed by atoms with Gasteiger partial charge in [0.05, 0.1) is 17.3 Å². The van der Waals surface area contributed by atoms with Crippen molar-refractivity contribution in [1.82, 2.24) is 5.32 Å². The average Bonchev–Trinajstić information content (AvgIpc) is 2.77. The van der Waals surface area contributed by atoms with Crippen molar-refractivity contribution in [2.75, 3.05) is 18.0 Å². The van der Waals surface area contributed by atoms with Gasteiger partial charge in [0.2, 0.25) is 5.91 Å². The number of hydrogen-bond donors (Lipinski definition) is 1. The van der Waals surface area contributed by atoms with Crippen LogP contribution in [0.4, 0.5) is 5.69 Å². The molecule has 0 aliphatic carbocycles. The minimum absolute atomic E-state index is 0.0584. The number of benzene rings is 1. The maximum absolute atomic E-state index is 12.3. The van der Waals surface area contributed by atoms with Crippen LogP contribution < -0.4 is 10.2 Å². The van der Waals surface area contributed by atoms with Crippen LogP contribution in [0.1, 0.15) is 25.3 Å². The molecule has 1 fully saturated rings. The predicted octanol–water partition coefficient (Wildman–Crippen LogP) is 2.43. The molecule has 4 nitrogen and oxygen atoms in total. The van der Waals surface area contributed by atoms with E-state index in [1.54, 1.807) is 11.0 Å². The first kappa shape index (κ1) is 14.0. The van der Waals surface area contributed by atoms with Gasteiger partial charge >= 0.3 is 0 Å². The van der Waals surface area contributed by atoms with Gasteiger partial charge in [0.15, 0.2) is 0 Å². The molecule has 1 amide bonds. The van der Waals surface area contributed by atoms with Crippen LogP contribution in [-0.4, -0.2) is 25.0 Å². The molecule has 2 rings (SSSR count). The SMILES string of the molecule is CCCNC1CCN(c2cc(Br)ccc2C#N)C1=O. The summed E-state index contributed by atoms with van der Waals surface area (Å²) in [6.07, 6.45) is 1.79. The number of anilines is 1. The number of rotatable bonds is 4. The van der Waals surface area contributed by atoms with Gasteiger partial charge in [0.1, 0.15) is 6.07 Å². The van der Waals surface area contributed by atoms with E-state index in [-0.39, 0.29) is 11.9 Å². The minimum Gasteiger partial charge on any atom is -0.310 e. The zero-order chi connectivity index (χ0) is 13.8. The van der Waals surface area contributed by atoms with Crippen molar-refractivity contribution in [3.8, 4) is 6.07 Å². The first-order valence-electron chi connectivity index (χ1n) is 6.41. The van der Waals surface area contributed by atoms with E-state index in [1.165, 1.54) is 0 Å². The third-order valence-electron chi connectivity index (χ3n) is 3.22. The van der Waals surface area contributed by atoms with Crippen LogP contribution in [0.2, 0.25) is 0 Å². The Bertz CT molecular complexity index is 524. The highest BCUT2D eigenvalue weighted by Gasteiger charge is 2.33. The van der Waals surface area contributed by atoms with E-state index in [0.29, 0.717) is 17.8 Å². The monoisotopic (exact) mass is 321 g/mol. The Kier molecular flexibility index (Phi) is 4.56. The molecule has 1 unspecified atom stereocenters. The average molecular weight is 322 g/mol. The number of nitrogens with one attached hydrogen (secondary N) is 1. The van der Waals surface area contributed by atoms with Gasteiger partial charge in [0, 0.05) is 11.0 Å². The molecule has 0 radical (unpaired) electrons. The van der Waals surface area contributed by atoms with Gasteiger partial charge in [-0.15, -0.1) is 0 Å². The van der Waals surface area contributed by atoms with Crippen LogP contribution in [0.3, 0.4) is 0 Å². The van der Waals surface area contributed by atoms with Crippen LogP contribution in [-0.2, 0) is 4.79 Å². The zero-order valence-corrected chi connectivity index (χ0v) is 12.4. The Morgan fingerprint density at radius 3 is 3.05 bits per heavy atom. The summed E-state index contributed by atoms with van der Waals surface area (Å²) in [7, 11) is 0. The van der Waals surface area contributed by atoms with Crippen molar-refractivity contribution in [3.63, 3.8) is 0 Å². The fraction of sp³-hybridized carbons (Fsp3) is 0.429. The molecule has 0 bridgehead atoms. The molecular formula is C14H16BrN3O. The van der Waals surface area contributed by atoms with E-state index in [9.17, 15) is 4.79 Å². The second-order valence-electron chi connectivity index (χ2n) is 4.56. The van der Waals surface area contributed by atoms with Crippen LogP contribution in [0, 0.1) is 11.3 Å². The van der Waals surface area contributed by atoms with Crippen LogP contribution in [0.15, 0.2) is 22.7 Å². The number of amides is 1. The maximum Gasteiger partial charge on any atom is 0.244 e. The predicted molar refractivity (Wildman–Crippen MR) is 77.9 cm³/mol. The Labute approximate surface area is 121 Å². The first-order chi connectivity index (χ1) is 9.17. The lowest BCUT2D eigenvalue weighted by Crippen LogP contribution is -2.38. The lowest BCUT2D eigenvalue weighted by Gasteiger charge is -2.18. The number of hydrogen-bond acceptors (Lipinski definition) is 3. The highest BCUT2D eigenvalue weighted by molar-refractivity contribution is 9.10. The Morgan fingerprint density at radius 1 is 1.58 bits per heavy atom. The van der Waals surface area contributed by atoms with Gasteiger partial charge in [0.25, 0.3) is 0 Å². The number of carbonyl (C=O) groups is 1. The van der Waals surface area contributed by atoms with E-state index in [4.69, 9.17) is 5.26 Å². The van der Waals surface area contributed by atoms with Gasteiger partial charge in [-0.3, -0.25) is 4.79 Å². The lowest BCUT2D eigenvalue weighted by molar-refractivity contribution is -0.118. The van der Waals surface area contributed by atoms with E-state index in [2.05, 4.69) is 34.2 Å². The molecule has 1 saturated heterocycles. The largest absolute Gasteiger partial charge is 0.310 e. The van der Waals surface area contributed by atoms with Crippen molar-refractivity contribution >= 4 is 27.5 Å². The highest BCUT2D eigenvalue weighted by Crippen LogP contribution is 2.28. The molecule has 1 aromatic rings. The van der Waals surface area contributed by atoms with E-state index in [0.717, 1.165) is 23.9 Å². The second kappa shape index (κ2) is 6.18. The normalized spacial score (nSPS) is 18.7. The number of nitriles is 1. The van der Waals surface area contributed by atoms with Gasteiger partial charge in [-0.1, -0.05) is 22.9 Å². The van der Waals surface area contributed by atoms with Crippen LogP contribution in [0.5, 0.6) is 0 Å². The summed E-state index contributed by atoms with van der Waals surface area (Å²) in [5.74, 6) is 0.0584. The molecular weight excluding hydrogens is 306 g/mol. The summed E-state index contributed by atoms with van der Waals surface area (Å²) in [5, 5.41) is 12.4. The third-order valence-corrected chi connectivity index (χ3v) is 3.71. The van der Waals surface area contributed by atoms with Gasteiger partial charge in [-0.05, 0) is 37.6 Å². The minimum atomic E-state index is -0.120. The van der Waals surface area contributed by atoms with Crippen LogP contribution >= 0.6 is 15.9 Å². The summed E-state index contributed by atoms with van der Waals surface area (Å²) in [4.78, 5) is 14.0. The molecule has 5 heteroatoms. The summed E-state index contributed by atoms with van der Waals surface area (Å²) >= 11 is 3.39. The first-order valence-corrected chi connectivity index (χ1v) is 7.21. The molecule has 1 N–H and O–H groups in total. The Hall–Kier alpha value is -1.38. The maximum atomic E-state index is 12.3. The number of halogens is 1. The summed E-state index contributed by atoms with van der Waals surface area (Å²) in [6, 6.07) is 7.41.